The average molecular weight is 465 g/mol. The third-order valence-corrected chi connectivity index (χ3v) is 9.98. The van der Waals surface area contributed by atoms with Crippen molar-refractivity contribution in [1.29, 1.82) is 0 Å². The van der Waals surface area contributed by atoms with Crippen LogP contribution in [-0.2, 0) is 30.3 Å². The molecule has 1 aromatic carbocycles. The van der Waals surface area contributed by atoms with Crippen LogP contribution in [0.4, 0.5) is 0 Å². The number of fused-ring (bicyclic) bond motifs is 4. The number of methoxy groups -OCH3 is 1. The van der Waals surface area contributed by atoms with E-state index < -0.39 is 5.79 Å². The first-order valence-corrected chi connectivity index (χ1v) is 12.8. The lowest BCUT2D eigenvalue weighted by Crippen LogP contribution is -2.50. The molecule has 5 nitrogen and oxygen atoms in total. The van der Waals surface area contributed by atoms with Gasteiger partial charge in [0.15, 0.2) is 5.79 Å². The highest BCUT2D eigenvalue weighted by atomic mass is 16.7. The van der Waals surface area contributed by atoms with Gasteiger partial charge in [-0.05, 0) is 53.9 Å². The molecule has 5 heteroatoms. The van der Waals surface area contributed by atoms with E-state index in [0.717, 1.165) is 37.7 Å². The summed E-state index contributed by atoms with van der Waals surface area (Å²) < 4.78 is 24.5. The fourth-order valence-corrected chi connectivity index (χ4v) is 8.77. The molecule has 6 atom stereocenters. The van der Waals surface area contributed by atoms with Crippen LogP contribution in [0.5, 0.6) is 0 Å². The van der Waals surface area contributed by atoms with Crippen LogP contribution >= 0.6 is 0 Å². The highest BCUT2D eigenvalue weighted by molar-refractivity contribution is 5.89. The van der Waals surface area contributed by atoms with Crippen LogP contribution in [0.3, 0.4) is 0 Å². The van der Waals surface area contributed by atoms with Gasteiger partial charge < -0.3 is 18.9 Å². The summed E-state index contributed by atoms with van der Waals surface area (Å²) in [6.07, 6.45) is 6.96. The molecule has 0 unspecified atom stereocenters. The van der Waals surface area contributed by atoms with Crippen molar-refractivity contribution in [3.63, 3.8) is 0 Å². The third-order valence-electron chi connectivity index (χ3n) is 9.98. The maximum Gasteiger partial charge on any atom is 0.333 e. The molecular formula is C29H36O5. The zero-order valence-electron chi connectivity index (χ0n) is 20.4. The van der Waals surface area contributed by atoms with Crippen LogP contribution < -0.4 is 0 Å². The minimum Gasteiger partial charge on any atom is -0.466 e. The molecule has 3 saturated carbocycles. The first-order valence-electron chi connectivity index (χ1n) is 12.8. The summed E-state index contributed by atoms with van der Waals surface area (Å²) in [6, 6.07) is 10.3. The predicted molar refractivity (Wildman–Crippen MR) is 128 cm³/mol. The first kappa shape index (κ1) is 22.5. The van der Waals surface area contributed by atoms with Crippen molar-refractivity contribution in [2.75, 3.05) is 26.9 Å². The second kappa shape index (κ2) is 8.04. The maximum absolute atomic E-state index is 13.0. The SMILES string of the molecule is C=C1C[C@]23C[C@H]1C1(C[C@H]2[C@]2(C)CCC=C(C(=O)OC)[C@H]2[C@@H]3COCc2ccccc2)OCCO1. The zero-order valence-corrected chi connectivity index (χ0v) is 20.4. The average Bonchev–Trinajstić information content (AvgIpc) is 3.48. The van der Waals surface area contributed by atoms with Gasteiger partial charge in [0.25, 0.3) is 0 Å². The van der Waals surface area contributed by atoms with E-state index in [1.807, 2.05) is 18.2 Å². The fraction of sp³-hybridized carbons (Fsp3) is 0.621. The lowest BCUT2D eigenvalue weighted by Gasteiger charge is -2.50. The van der Waals surface area contributed by atoms with E-state index in [0.29, 0.717) is 32.3 Å². The Morgan fingerprint density at radius 1 is 1.18 bits per heavy atom. The van der Waals surface area contributed by atoms with Gasteiger partial charge in [-0.3, -0.25) is 0 Å². The van der Waals surface area contributed by atoms with Crippen LogP contribution in [0, 0.1) is 34.5 Å². The molecule has 5 aliphatic rings. The van der Waals surface area contributed by atoms with E-state index in [9.17, 15) is 4.79 Å². The smallest absolute Gasteiger partial charge is 0.333 e. The van der Waals surface area contributed by atoms with Gasteiger partial charge in [-0.1, -0.05) is 55.5 Å². The van der Waals surface area contributed by atoms with E-state index >= 15 is 0 Å². The fourth-order valence-electron chi connectivity index (χ4n) is 8.77. The molecule has 2 spiro atoms. The summed E-state index contributed by atoms with van der Waals surface area (Å²) in [7, 11) is 1.50. The van der Waals surface area contributed by atoms with Gasteiger partial charge >= 0.3 is 5.97 Å². The van der Waals surface area contributed by atoms with Crippen LogP contribution in [-0.4, -0.2) is 38.7 Å². The van der Waals surface area contributed by atoms with Gasteiger partial charge in [0.1, 0.15) is 0 Å². The van der Waals surface area contributed by atoms with Crippen LogP contribution in [0.15, 0.2) is 54.1 Å². The highest BCUT2D eigenvalue weighted by Gasteiger charge is 2.74. The normalized spacial score (nSPS) is 39.6. The molecule has 1 aliphatic heterocycles. The molecule has 0 aromatic heterocycles. The number of rotatable bonds is 5. The number of benzene rings is 1. The Kier molecular flexibility index (Phi) is 5.32. The van der Waals surface area contributed by atoms with Gasteiger partial charge in [-0.2, -0.15) is 0 Å². The van der Waals surface area contributed by atoms with Gasteiger partial charge in [-0.25, -0.2) is 4.79 Å². The van der Waals surface area contributed by atoms with Crippen molar-refractivity contribution in [2.45, 2.75) is 51.4 Å². The summed E-state index contributed by atoms with van der Waals surface area (Å²) in [4.78, 5) is 13.0. The first-order chi connectivity index (χ1) is 16.4. The van der Waals surface area contributed by atoms with E-state index in [1.165, 1.54) is 18.2 Å². The second-order valence-corrected chi connectivity index (χ2v) is 11.4. The molecule has 0 amide bonds. The number of allylic oxidation sites excluding steroid dienone is 1. The Balaban J connectivity index is 1.39. The quantitative estimate of drug-likeness (QED) is 0.450. The number of ether oxygens (including phenoxy) is 4. The number of hydrogen-bond donors (Lipinski definition) is 0. The van der Waals surface area contributed by atoms with Crippen molar-refractivity contribution in [3.8, 4) is 0 Å². The molecule has 4 fully saturated rings. The number of carbonyl (C=O) groups excluding carboxylic acids is 1. The monoisotopic (exact) mass is 464 g/mol. The zero-order chi connectivity index (χ0) is 23.6. The summed E-state index contributed by atoms with van der Waals surface area (Å²) in [5, 5.41) is 0. The van der Waals surface area contributed by atoms with Crippen LogP contribution in [0.1, 0.15) is 44.6 Å². The van der Waals surface area contributed by atoms with Crippen molar-refractivity contribution < 1.29 is 23.7 Å². The molecular weight excluding hydrogens is 428 g/mol. The lowest BCUT2D eigenvalue weighted by molar-refractivity contribution is -0.229. The van der Waals surface area contributed by atoms with Gasteiger partial charge in [0.05, 0.1) is 33.5 Å². The van der Waals surface area contributed by atoms with E-state index in [2.05, 4.69) is 31.7 Å². The number of hydrogen-bond acceptors (Lipinski definition) is 5. The van der Waals surface area contributed by atoms with Gasteiger partial charge in [-0.15, -0.1) is 0 Å². The third kappa shape index (κ3) is 3.06. The largest absolute Gasteiger partial charge is 0.466 e. The van der Waals surface area contributed by atoms with E-state index in [4.69, 9.17) is 18.9 Å². The molecule has 2 bridgehead atoms. The molecule has 34 heavy (non-hydrogen) atoms. The minimum absolute atomic E-state index is 0.0308. The molecule has 0 N–H and O–H groups in total. The maximum atomic E-state index is 13.0. The molecule has 6 rings (SSSR count). The molecule has 1 aromatic rings. The lowest BCUT2D eigenvalue weighted by atomic mass is 9.58. The summed E-state index contributed by atoms with van der Waals surface area (Å²) in [6.45, 7) is 9.46. The van der Waals surface area contributed by atoms with Crippen molar-refractivity contribution in [2.24, 2.45) is 34.5 Å². The Morgan fingerprint density at radius 3 is 2.68 bits per heavy atom. The standard InChI is InChI=1S/C29H36O5/c1-19-14-28-15-22(19)29(33-12-13-34-29)16-24(28)27(2)11-7-10-21(26(30)31-3)25(27)23(28)18-32-17-20-8-5-4-6-9-20/h4-6,8-10,22-25H,1,7,11-18H2,2-3H3/t22-,23+,24+,25+,27+,28-/m1/s1. The van der Waals surface area contributed by atoms with E-state index in [1.54, 1.807) is 0 Å². The Bertz CT molecular complexity index is 1010. The number of carbonyl (C=O) groups is 1. The van der Waals surface area contributed by atoms with E-state index in [-0.39, 0.29) is 34.6 Å². The van der Waals surface area contributed by atoms with Gasteiger partial charge in [0, 0.05) is 23.8 Å². The molecule has 182 valence electrons. The van der Waals surface area contributed by atoms with Gasteiger partial charge in [0.2, 0.25) is 0 Å². The molecule has 1 saturated heterocycles. The molecule has 0 radical (unpaired) electrons. The predicted octanol–water partition coefficient (Wildman–Crippen LogP) is 5.06. The Labute approximate surface area is 202 Å². The topological polar surface area (TPSA) is 54.0 Å². The minimum atomic E-state index is -0.540. The van der Waals surface area contributed by atoms with Crippen molar-refractivity contribution >= 4 is 5.97 Å². The van der Waals surface area contributed by atoms with Crippen molar-refractivity contribution in [1.82, 2.24) is 0 Å². The highest BCUT2D eigenvalue weighted by Crippen LogP contribution is 2.77. The van der Waals surface area contributed by atoms with Crippen LogP contribution in [0.25, 0.3) is 0 Å². The number of esters is 1. The Morgan fingerprint density at radius 2 is 1.94 bits per heavy atom. The summed E-state index contributed by atoms with van der Waals surface area (Å²) >= 11 is 0. The summed E-state index contributed by atoms with van der Waals surface area (Å²) in [5.41, 5.74) is 3.30. The summed E-state index contributed by atoms with van der Waals surface area (Å²) in [5.74, 6) is 0.224. The Hall–Kier alpha value is -1.95. The second-order valence-electron chi connectivity index (χ2n) is 11.4. The van der Waals surface area contributed by atoms with Crippen molar-refractivity contribution in [3.05, 3.63) is 59.7 Å². The van der Waals surface area contributed by atoms with Crippen LogP contribution in [0.2, 0.25) is 0 Å². The molecule has 1 heterocycles. The molecule has 4 aliphatic carbocycles.